The molecule has 1 atom stereocenters. The van der Waals surface area contributed by atoms with Crippen molar-refractivity contribution in [3.8, 4) is 0 Å². The molecule has 1 aliphatic rings. The standard InChI is InChI=1S/C13H25NO3/c1-10(2)12(9-15)13(16)14-6-3-11-4-7-17-8-5-11/h10-12,15H,3-9H2,1-2H3,(H,14,16). The number of amides is 1. The van der Waals surface area contributed by atoms with Gasteiger partial charge >= 0.3 is 0 Å². The third-order valence-electron chi connectivity index (χ3n) is 3.53. The van der Waals surface area contributed by atoms with Crippen molar-refractivity contribution >= 4 is 5.91 Å². The summed E-state index contributed by atoms with van der Waals surface area (Å²) in [6.07, 6.45) is 3.22. The van der Waals surface area contributed by atoms with Crippen LogP contribution >= 0.6 is 0 Å². The van der Waals surface area contributed by atoms with Crippen molar-refractivity contribution in [1.82, 2.24) is 5.32 Å². The maximum absolute atomic E-state index is 11.8. The molecule has 0 aromatic heterocycles. The van der Waals surface area contributed by atoms with Crippen LogP contribution in [0.15, 0.2) is 0 Å². The summed E-state index contributed by atoms with van der Waals surface area (Å²) in [7, 11) is 0. The van der Waals surface area contributed by atoms with Crippen molar-refractivity contribution in [3.63, 3.8) is 0 Å². The molecule has 0 radical (unpaired) electrons. The molecule has 1 amide bonds. The van der Waals surface area contributed by atoms with Gasteiger partial charge in [0.1, 0.15) is 0 Å². The molecule has 1 fully saturated rings. The van der Waals surface area contributed by atoms with Crippen molar-refractivity contribution in [2.45, 2.75) is 33.1 Å². The zero-order valence-corrected chi connectivity index (χ0v) is 10.9. The molecule has 4 heteroatoms. The third-order valence-corrected chi connectivity index (χ3v) is 3.53. The molecular formula is C13H25NO3. The third kappa shape index (κ3) is 5.04. The Morgan fingerprint density at radius 2 is 2.06 bits per heavy atom. The Hall–Kier alpha value is -0.610. The number of aliphatic hydroxyl groups is 1. The van der Waals surface area contributed by atoms with Gasteiger partial charge in [-0.15, -0.1) is 0 Å². The van der Waals surface area contributed by atoms with Gasteiger partial charge in [0.05, 0.1) is 12.5 Å². The van der Waals surface area contributed by atoms with Crippen LogP contribution in [-0.4, -0.2) is 37.4 Å². The summed E-state index contributed by atoms with van der Waals surface area (Å²) in [6.45, 7) is 6.26. The highest BCUT2D eigenvalue weighted by Crippen LogP contribution is 2.17. The van der Waals surface area contributed by atoms with E-state index in [1.54, 1.807) is 0 Å². The van der Waals surface area contributed by atoms with Gasteiger partial charge in [0.15, 0.2) is 0 Å². The van der Waals surface area contributed by atoms with Crippen LogP contribution in [-0.2, 0) is 9.53 Å². The van der Waals surface area contributed by atoms with Gasteiger partial charge < -0.3 is 15.2 Å². The first-order chi connectivity index (χ1) is 8.15. The predicted molar refractivity (Wildman–Crippen MR) is 66.6 cm³/mol. The maximum Gasteiger partial charge on any atom is 0.225 e. The predicted octanol–water partition coefficient (Wildman–Crippen LogP) is 1.18. The van der Waals surface area contributed by atoms with Crippen LogP contribution in [0.25, 0.3) is 0 Å². The summed E-state index contributed by atoms with van der Waals surface area (Å²) >= 11 is 0. The van der Waals surface area contributed by atoms with E-state index in [9.17, 15) is 4.79 Å². The van der Waals surface area contributed by atoms with Gasteiger partial charge in [-0.2, -0.15) is 0 Å². The number of rotatable bonds is 6. The van der Waals surface area contributed by atoms with Crippen LogP contribution in [0, 0.1) is 17.8 Å². The fraction of sp³-hybridized carbons (Fsp3) is 0.923. The van der Waals surface area contributed by atoms with Gasteiger partial charge in [-0.25, -0.2) is 0 Å². The lowest BCUT2D eigenvalue weighted by Crippen LogP contribution is -2.37. The monoisotopic (exact) mass is 243 g/mol. The number of ether oxygens (including phenoxy) is 1. The second-order valence-electron chi connectivity index (χ2n) is 5.17. The van der Waals surface area contributed by atoms with Gasteiger partial charge in [-0.1, -0.05) is 13.8 Å². The first-order valence-corrected chi connectivity index (χ1v) is 6.61. The lowest BCUT2D eigenvalue weighted by molar-refractivity contribution is -0.127. The van der Waals surface area contributed by atoms with Crippen molar-refractivity contribution in [1.29, 1.82) is 0 Å². The zero-order valence-electron chi connectivity index (χ0n) is 10.9. The molecule has 0 bridgehead atoms. The van der Waals surface area contributed by atoms with Gasteiger partial charge in [0.25, 0.3) is 0 Å². The normalized spacial score (nSPS) is 19.3. The average molecular weight is 243 g/mol. The molecule has 0 aromatic carbocycles. The smallest absolute Gasteiger partial charge is 0.225 e. The fourth-order valence-corrected chi connectivity index (χ4v) is 2.16. The van der Waals surface area contributed by atoms with Crippen molar-refractivity contribution < 1.29 is 14.6 Å². The van der Waals surface area contributed by atoms with Crippen LogP contribution in [0.5, 0.6) is 0 Å². The average Bonchev–Trinajstić information content (AvgIpc) is 2.30. The van der Waals surface area contributed by atoms with Crippen molar-refractivity contribution in [2.75, 3.05) is 26.4 Å². The van der Waals surface area contributed by atoms with E-state index in [2.05, 4.69) is 5.32 Å². The Balaban J connectivity index is 2.18. The largest absolute Gasteiger partial charge is 0.396 e. The highest BCUT2D eigenvalue weighted by molar-refractivity contribution is 5.78. The Bertz CT molecular complexity index is 225. The molecule has 0 saturated carbocycles. The second-order valence-corrected chi connectivity index (χ2v) is 5.17. The van der Waals surface area contributed by atoms with Gasteiger partial charge in [0.2, 0.25) is 5.91 Å². The number of carbonyl (C=O) groups is 1. The Morgan fingerprint density at radius 3 is 2.59 bits per heavy atom. The highest BCUT2D eigenvalue weighted by atomic mass is 16.5. The van der Waals surface area contributed by atoms with Crippen LogP contribution in [0.1, 0.15) is 33.1 Å². The minimum absolute atomic E-state index is 0.0189. The molecular weight excluding hydrogens is 218 g/mol. The molecule has 4 nitrogen and oxygen atoms in total. The molecule has 1 aliphatic heterocycles. The number of hydrogen-bond donors (Lipinski definition) is 2. The van der Waals surface area contributed by atoms with Gasteiger partial charge in [-0.05, 0) is 31.1 Å². The molecule has 1 saturated heterocycles. The van der Waals surface area contributed by atoms with Crippen LogP contribution in [0.4, 0.5) is 0 Å². The first kappa shape index (κ1) is 14.5. The SMILES string of the molecule is CC(C)C(CO)C(=O)NCCC1CCOCC1. The van der Waals surface area contributed by atoms with E-state index in [-0.39, 0.29) is 24.3 Å². The zero-order chi connectivity index (χ0) is 12.7. The van der Waals surface area contributed by atoms with Crippen LogP contribution in [0.2, 0.25) is 0 Å². The Labute approximate surface area is 104 Å². The topological polar surface area (TPSA) is 58.6 Å². The minimum atomic E-state index is -0.273. The van der Waals surface area contributed by atoms with E-state index in [4.69, 9.17) is 9.84 Å². The number of hydrogen-bond acceptors (Lipinski definition) is 3. The Kier molecular flexibility index (Phi) is 6.52. The van der Waals surface area contributed by atoms with E-state index in [0.29, 0.717) is 12.5 Å². The molecule has 0 aliphatic carbocycles. The molecule has 100 valence electrons. The summed E-state index contributed by atoms with van der Waals surface area (Å²) in [6, 6.07) is 0. The van der Waals surface area contributed by atoms with E-state index < -0.39 is 0 Å². The van der Waals surface area contributed by atoms with Crippen molar-refractivity contribution in [2.24, 2.45) is 17.8 Å². The molecule has 17 heavy (non-hydrogen) atoms. The van der Waals surface area contributed by atoms with Crippen molar-refractivity contribution in [3.05, 3.63) is 0 Å². The fourth-order valence-electron chi connectivity index (χ4n) is 2.16. The second kappa shape index (κ2) is 7.67. The number of nitrogens with one attached hydrogen (secondary N) is 1. The quantitative estimate of drug-likeness (QED) is 0.736. The summed E-state index contributed by atoms with van der Waals surface area (Å²) in [5.41, 5.74) is 0. The van der Waals surface area contributed by atoms with Gasteiger partial charge in [-0.3, -0.25) is 4.79 Å². The lowest BCUT2D eigenvalue weighted by atomic mass is 9.94. The minimum Gasteiger partial charge on any atom is -0.396 e. The molecule has 2 N–H and O–H groups in total. The lowest BCUT2D eigenvalue weighted by Gasteiger charge is -2.23. The number of carbonyl (C=O) groups excluding carboxylic acids is 1. The van der Waals surface area contributed by atoms with E-state index in [1.165, 1.54) is 0 Å². The highest BCUT2D eigenvalue weighted by Gasteiger charge is 2.21. The van der Waals surface area contributed by atoms with E-state index in [0.717, 1.165) is 32.5 Å². The summed E-state index contributed by atoms with van der Waals surface area (Å²) in [5.74, 6) is 0.568. The molecule has 0 spiro atoms. The molecule has 0 aromatic rings. The van der Waals surface area contributed by atoms with Crippen LogP contribution < -0.4 is 5.32 Å². The Morgan fingerprint density at radius 1 is 1.41 bits per heavy atom. The van der Waals surface area contributed by atoms with E-state index in [1.807, 2.05) is 13.8 Å². The maximum atomic E-state index is 11.8. The molecule has 1 rings (SSSR count). The number of aliphatic hydroxyl groups excluding tert-OH is 1. The van der Waals surface area contributed by atoms with Crippen LogP contribution in [0.3, 0.4) is 0 Å². The summed E-state index contributed by atoms with van der Waals surface area (Å²) in [5, 5.41) is 12.1. The first-order valence-electron chi connectivity index (χ1n) is 6.61. The molecule has 1 heterocycles. The summed E-state index contributed by atoms with van der Waals surface area (Å²) in [4.78, 5) is 11.8. The molecule has 1 unspecified atom stereocenters. The van der Waals surface area contributed by atoms with Gasteiger partial charge in [0, 0.05) is 19.8 Å². The summed E-state index contributed by atoms with van der Waals surface area (Å²) < 4.78 is 5.29. The van der Waals surface area contributed by atoms with E-state index >= 15 is 0 Å².